The smallest absolute Gasteiger partial charge is 0.239 e. The standard InChI is InChI=1S/C19H22N6O2/c1-13-12-27-6-5-25(13)11-19(26)21-18-8-16-7-14(3-4-15(16)9-20-18)17-10-24(2)23-22-17/h3-4,7-10,13H,5-6,11-12H2,1-2H3,(H,20,21,26)/t13-/m0/s1. The van der Waals surface area contributed by atoms with Gasteiger partial charge in [-0.05, 0) is 24.4 Å². The molecule has 1 aliphatic heterocycles. The number of carbonyl (C=O) groups is 1. The highest BCUT2D eigenvalue weighted by Crippen LogP contribution is 2.24. The number of aromatic nitrogens is 4. The number of rotatable bonds is 4. The van der Waals surface area contributed by atoms with E-state index in [0.29, 0.717) is 25.6 Å². The average Bonchev–Trinajstić information content (AvgIpc) is 3.09. The van der Waals surface area contributed by atoms with E-state index in [1.807, 2.05) is 37.5 Å². The molecular formula is C19H22N6O2. The molecule has 1 aliphatic rings. The van der Waals surface area contributed by atoms with Gasteiger partial charge in [-0.15, -0.1) is 5.10 Å². The Labute approximate surface area is 157 Å². The van der Waals surface area contributed by atoms with Crippen molar-refractivity contribution in [2.45, 2.75) is 13.0 Å². The van der Waals surface area contributed by atoms with Gasteiger partial charge in [0, 0.05) is 36.8 Å². The van der Waals surface area contributed by atoms with Gasteiger partial charge >= 0.3 is 0 Å². The number of aryl methyl sites for hydroxylation is 1. The summed E-state index contributed by atoms with van der Waals surface area (Å²) >= 11 is 0. The van der Waals surface area contributed by atoms with Crippen molar-refractivity contribution in [3.63, 3.8) is 0 Å². The second kappa shape index (κ2) is 7.42. The van der Waals surface area contributed by atoms with Crippen molar-refractivity contribution >= 4 is 22.5 Å². The fourth-order valence-corrected chi connectivity index (χ4v) is 3.21. The first-order chi connectivity index (χ1) is 13.1. The summed E-state index contributed by atoms with van der Waals surface area (Å²) in [5, 5.41) is 13.0. The van der Waals surface area contributed by atoms with E-state index in [-0.39, 0.29) is 11.9 Å². The van der Waals surface area contributed by atoms with Gasteiger partial charge in [0.1, 0.15) is 11.5 Å². The Morgan fingerprint density at radius 1 is 1.33 bits per heavy atom. The maximum absolute atomic E-state index is 12.4. The predicted molar refractivity (Wildman–Crippen MR) is 102 cm³/mol. The zero-order chi connectivity index (χ0) is 18.8. The van der Waals surface area contributed by atoms with Gasteiger partial charge in [0.2, 0.25) is 5.91 Å². The van der Waals surface area contributed by atoms with E-state index < -0.39 is 0 Å². The highest BCUT2D eigenvalue weighted by molar-refractivity contribution is 5.94. The van der Waals surface area contributed by atoms with E-state index in [9.17, 15) is 4.79 Å². The van der Waals surface area contributed by atoms with Gasteiger partial charge in [-0.1, -0.05) is 17.3 Å². The third kappa shape index (κ3) is 3.96. The molecule has 140 valence electrons. The van der Waals surface area contributed by atoms with Crippen LogP contribution >= 0.6 is 0 Å². The number of nitrogens with one attached hydrogen (secondary N) is 1. The Kier molecular flexibility index (Phi) is 4.83. The largest absolute Gasteiger partial charge is 0.379 e. The quantitative estimate of drug-likeness (QED) is 0.756. The molecule has 1 amide bonds. The maximum atomic E-state index is 12.4. The first-order valence-electron chi connectivity index (χ1n) is 8.96. The molecule has 0 saturated carbocycles. The van der Waals surface area contributed by atoms with Gasteiger partial charge in [0.05, 0.1) is 26.0 Å². The summed E-state index contributed by atoms with van der Waals surface area (Å²) in [6, 6.07) is 8.14. The van der Waals surface area contributed by atoms with E-state index in [1.54, 1.807) is 10.9 Å². The third-order valence-corrected chi connectivity index (χ3v) is 4.74. The number of hydrogen-bond acceptors (Lipinski definition) is 6. The van der Waals surface area contributed by atoms with Gasteiger partial charge in [-0.25, -0.2) is 4.98 Å². The molecule has 0 spiro atoms. The molecule has 3 aromatic rings. The maximum Gasteiger partial charge on any atom is 0.239 e. The number of anilines is 1. The summed E-state index contributed by atoms with van der Waals surface area (Å²) in [5.74, 6) is 0.477. The molecule has 3 heterocycles. The summed E-state index contributed by atoms with van der Waals surface area (Å²) in [7, 11) is 1.84. The molecule has 0 radical (unpaired) electrons. The van der Waals surface area contributed by atoms with Crippen molar-refractivity contribution in [2.24, 2.45) is 7.05 Å². The van der Waals surface area contributed by atoms with E-state index >= 15 is 0 Å². The molecule has 1 saturated heterocycles. The number of hydrogen-bond donors (Lipinski definition) is 1. The van der Waals surface area contributed by atoms with Gasteiger partial charge in [-0.3, -0.25) is 14.4 Å². The zero-order valence-corrected chi connectivity index (χ0v) is 15.4. The minimum Gasteiger partial charge on any atom is -0.379 e. The van der Waals surface area contributed by atoms with Crippen molar-refractivity contribution < 1.29 is 9.53 Å². The molecule has 1 fully saturated rings. The van der Waals surface area contributed by atoms with E-state index in [0.717, 1.165) is 28.6 Å². The minimum atomic E-state index is -0.0688. The van der Waals surface area contributed by atoms with Crippen LogP contribution in [0.3, 0.4) is 0 Å². The lowest BCUT2D eigenvalue weighted by atomic mass is 10.1. The highest BCUT2D eigenvalue weighted by Gasteiger charge is 2.21. The molecule has 0 bridgehead atoms. The highest BCUT2D eigenvalue weighted by atomic mass is 16.5. The van der Waals surface area contributed by atoms with Crippen LogP contribution in [0.25, 0.3) is 22.0 Å². The SMILES string of the molecule is C[C@H]1COCCN1CC(=O)Nc1cc2cc(-c3cn(C)nn3)ccc2cn1. The number of morpholine rings is 1. The lowest BCUT2D eigenvalue weighted by molar-refractivity contribution is -0.119. The average molecular weight is 366 g/mol. The fraction of sp³-hybridized carbons (Fsp3) is 0.368. The Hall–Kier alpha value is -2.84. The Bertz CT molecular complexity index is 970. The molecule has 27 heavy (non-hydrogen) atoms. The number of benzene rings is 1. The van der Waals surface area contributed by atoms with Gasteiger partial charge in [0.25, 0.3) is 0 Å². The molecule has 4 rings (SSSR count). The monoisotopic (exact) mass is 366 g/mol. The van der Waals surface area contributed by atoms with Crippen LogP contribution in [0.5, 0.6) is 0 Å². The number of pyridine rings is 1. The fourth-order valence-electron chi connectivity index (χ4n) is 3.21. The summed E-state index contributed by atoms with van der Waals surface area (Å²) < 4.78 is 7.08. The van der Waals surface area contributed by atoms with Crippen LogP contribution in [-0.2, 0) is 16.6 Å². The lowest BCUT2D eigenvalue weighted by Crippen LogP contribution is -2.47. The van der Waals surface area contributed by atoms with Crippen LogP contribution in [0.1, 0.15) is 6.92 Å². The van der Waals surface area contributed by atoms with Crippen molar-refractivity contribution in [1.82, 2.24) is 24.9 Å². The van der Waals surface area contributed by atoms with Crippen molar-refractivity contribution in [3.8, 4) is 11.3 Å². The van der Waals surface area contributed by atoms with Crippen LogP contribution in [0.2, 0.25) is 0 Å². The van der Waals surface area contributed by atoms with Gasteiger partial charge < -0.3 is 10.1 Å². The van der Waals surface area contributed by atoms with Crippen LogP contribution in [0.15, 0.2) is 36.7 Å². The summed E-state index contributed by atoms with van der Waals surface area (Å²) in [5.41, 5.74) is 1.78. The van der Waals surface area contributed by atoms with E-state index in [2.05, 4.69) is 32.4 Å². The van der Waals surface area contributed by atoms with Crippen LogP contribution in [0, 0.1) is 0 Å². The summed E-state index contributed by atoms with van der Waals surface area (Å²) in [6.07, 6.45) is 3.64. The van der Waals surface area contributed by atoms with Gasteiger partial charge in [-0.2, -0.15) is 0 Å². The molecule has 8 nitrogen and oxygen atoms in total. The normalized spacial score (nSPS) is 17.9. The first-order valence-corrected chi connectivity index (χ1v) is 8.96. The van der Waals surface area contributed by atoms with Crippen LogP contribution in [0.4, 0.5) is 5.82 Å². The molecule has 0 unspecified atom stereocenters. The second-order valence-electron chi connectivity index (χ2n) is 6.85. The number of nitrogens with zero attached hydrogens (tertiary/aromatic N) is 5. The molecule has 0 aliphatic carbocycles. The second-order valence-corrected chi connectivity index (χ2v) is 6.85. The Balaban J connectivity index is 1.51. The summed E-state index contributed by atoms with van der Waals surface area (Å²) in [6.45, 7) is 4.49. The van der Waals surface area contributed by atoms with Crippen molar-refractivity contribution in [1.29, 1.82) is 0 Å². The molecular weight excluding hydrogens is 344 g/mol. The number of ether oxygens (including phenoxy) is 1. The van der Waals surface area contributed by atoms with Crippen molar-refractivity contribution in [3.05, 3.63) is 36.7 Å². The predicted octanol–water partition coefficient (Wildman–Crippen LogP) is 1.69. The van der Waals surface area contributed by atoms with Crippen LogP contribution < -0.4 is 5.32 Å². The molecule has 1 aromatic carbocycles. The number of amides is 1. The van der Waals surface area contributed by atoms with Crippen LogP contribution in [-0.4, -0.2) is 63.1 Å². The Morgan fingerprint density at radius 3 is 3.00 bits per heavy atom. The topological polar surface area (TPSA) is 85.2 Å². The molecule has 1 atom stereocenters. The van der Waals surface area contributed by atoms with E-state index in [4.69, 9.17) is 4.74 Å². The lowest BCUT2D eigenvalue weighted by Gasteiger charge is -2.32. The summed E-state index contributed by atoms with van der Waals surface area (Å²) in [4.78, 5) is 18.9. The number of carbonyl (C=O) groups excluding carboxylic acids is 1. The molecule has 1 N–H and O–H groups in total. The van der Waals surface area contributed by atoms with E-state index in [1.165, 1.54) is 0 Å². The van der Waals surface area contributed by atoms with Gasteiger partial charge in [0.15, 0.2) is 0 Å². The number of fused-ring (bicyclic) bond motifs is 1. The minimum absolute atomic E-state index is 0.0688. The van der Waals surface area contributed by atoms with Crippen molar-refractivity contribution in [2.75, 3.05) is 31.6 Å². The molecule has 2 aromatic heterocycles. The first kappa shape index (κ1) is 17.6. The zero-order valence-electron chi connectivity index (χ0n) is 15.4. The molecule has 8 heteroatoms. The third-order valence-electron chi connectivity index (χ3n) is 4.74. The Morgan fingerprint density at radius 2 is 2.22 bits per heavy atom.